The third-order valence-electron chi connectivity index (χ3n) is 4.91. The average Bonchev–Trinajstić information content (AvgIpc) is 2.81. The lowest BCUT2D eigenvalue weighted by molar-refractivity contribution is -0.152. The molecule has 0 aromatic heterocycles. The second kappa shape index (κ2) is 11.9. The molecule has 0 spiro atoms. The van der Waals surface area contributed by atoms with Crippen molar-refractivity contribution in [3.8, 4) is 0 Å². The second-order valence-corrected chi connectivity index (χ2v) is 8.17. The van der Waals surface area contributed by atoms with Crippen LogP contribution in [0.3, 0.4) is 0 Å². The van der Waals surface area contributed by atoms with Crippen molar-refractivity contribution in [2.75, 3.05) is 31.2 Å². The zero-order valence-electron chi connectivity index (χ0n) is 17.5. The van der Waals surface area contributed by atoms with E-state index in [2.05, 4.69) is 0 Å². The van der Waals surface area contributed by atoms with Crippen molar-refractivity contribution >= 4 is 35.3 Å². The van der Waals surface area contributed by atoms with Crippen LogP contribution in [0, 0.1) is 11.8 Å². The Morgan fingerprint density at radius 2 is 1.87 bits per heavy atom. The highest BCUT2D eigenvalue weighted by atomic mass is 32.2. The Hall–Kier alpha value is -2.10. The Morgan fingerprint density at radius 3 is 2.53 bits per heavy atom. The molecule has 166 valence electrons. The largest absolute Gasteiger partial charge is 0.466 e. The second-order valence-electron chi connectivity index (χ2n) is 6.95. The van der Waals surface area contributed by atoms with Gasteiger partial charge in [-0.1, -0.05) is 18.6 Å². The van der Waals surface area contributed by atoms with Crippen molar-refractivity contribution in [3.63, 3.8) is 0 Å². The molecule has 1 aliphatic heterocycles. The minimum absolute atomic E-state index is 0.211. The van der Waals surface area contributed by atoms with E-state index in [4.69, 9.17) is 20.9 Å². The van der Waals surface area contributed by atoms with Gasteiger partial charge < -0.3 is 20.9 Å². The third kappa shape index (κ3) is 5.96. The van der Waals surface area contributed by atoms with Crippen molar-refractivity contribution in [2.24, 2.45) is 23.3 Å². The lowest BCUT2D eigenvalue weighted by Gasteiger charge is -2.30. The number of hydrogen-bond acceptors (Lipinski definition) is 8. The van der Waals surface area contributed by atoms with E-state index in [1.807, 2.05) is 12.1 Å². The molecule has 1 aromatic carbocycles. The first-order valence-electron chi connectivity index (χ1n) is 10.3. The van der Waals surface area contributed by atoms with Gasteiger partial charge in [-0.2, -0.15) is 0 Å². The summed E-state index contributed by atoms with van der Waals surface area (Å²) in [6.45, 7) is 4.11. The molecule has 2 rings (SSSR count). The van der Waals surface area contributed by atoms with E-state index in [9.17, 15) is 14.4 Å². The van der Waals surface area contributed by atoms with Gasteiger partial charge in [0.2, 0.25) is 5.91 Å². The Labute approximate surface area is 181 Å². The monoisotopic (exact) mass is 437 g/mol. The van der Waals surface area contributed by atoms with Crippen LogP contribution in [0.5, 0.6) is 0 Å². The van der Waals surface area contributed by atoms with Gasteiger partial charge >= 0.3 is 11.9 Å². The molecule has 1 heterocycles. The zero-order chi connectivity index (χ0) is 22.1. The lowest BCUT2D eigenvalue weighted by Crippen LogP contribution is -2.49. The normalized spacial score (nSPS) is 19.6. The Kier molecular flexibility index (Phi) is 9.61. The summed E-state index contributed by atoms with van der Waals surface area (Å²) in [5.74, 6) is -2.90. The number of thioether (sulfide) groups is 1. The molecule has 0 aliphatic carbocycles. The number of unbranched alkanes of at least 4 members (excludes halogenated alkanes) is 1. The third-order valence-corrected chi connectivity index (χ3v) is 6.07. The summed E-state index contributed by atoms with van der Waals surface area (Å²) in [6, 6.07) is 7.25. The Bertz CT molecular complexity index is 745. The SMILES string of the molecule is CCOC(=O)CN1C(=O)[C@@H](C(CCCCN)C(=O)OCC)C(N)Sc2ccccc21. The predicted molar refractivity (Wildman–Crippen MR) is 116 cm³/mol. The number of nitrogens with two attached hydrogens (primary N) is 2. The molecule has 0 fully saturated rings. The molecule has 1 aromatic rings. The van der Waals surface area contributed by atoms with Crippen LogP contribution >= 0.6 is 11.8 Å². The van der Waals surface area contributed by atoms with Crippen LogP contribution in [0.25, 0.3) is 0 Å². The Balaban J connectivity index is 2.43. The van der Waals surface area contributed by atoms with Gasteiger partial charge in [-0.25, -0.2) is 0 Å². The quantitative estimate of drug-likeness (QED) is 0.420. The fourth-order valence-corrected chi connectivity index (χ4v) is 4.74. The molecule has 3 atom stereocenters. The molecule has 8 nitrogen and oxygen atoms in total. The van der Waals surface area contributed by atoms with Crippen molar-refractivity contribution in [1.82, 2.24) is 0 Å². The molecule has 4 N–H and O–H groups in total. The molecule has 2 unspecified atom stereocenters. The van der Waals surface area contributed by atoms with E-state index in [1.54, 1.807) is 26.0 Å². The van der Waals surface area contributed by atoms with E-state index in [0.29, 0.717) is 25.1 Å². The molecule has 0 saturated heterocycles. The van der Waals surface area contributed by atoms with E-state index in [1.165, 1.54) is 16.7 Å². The number of nitrogens with zero attached hydrogens (tertiary/aromatic N) is 1. The number of esters is 2. The highest BCUT2D eigenvalue weighted by molar-refractivity contribution is 8.00. The fourth-order valence-electron chi connectivity index (χ4n) is 3.54. The number of hydrogen-bond donors (Lipinski definition) is 2. The van der Waals surface area contributed by atoms with Crippen LogP contribution in [0.1, 0.15) is 33.1 Å². The summed E-state index contributed by atoms with van der Waals surface area (Å²) in [4.78, 5) is 40.8. The number of anilines is 1. The molecule has 9 heteroatoms. The van der Waals surface area contributed by atoms with Gasteiger partial charge in [0.25, 0.3) is 0 Å². The van der Waals surface area contributed by atoms with Gasteiger partial charge in [-0.05, 0) is 45.4 Å². The highest BCUT2D eigenvalue weighted by Crippen LogP contribution is 2.41. The van der Waals surface area contributed by atoms with Gasteiger partial charge in [-0.3, -0.25) is 19.3 Å². The topological polar surface area (TPSA) is 125 Å². The molecule has 1 aliphatic rings. The summed E-state index contributed by atoms with van der Waals surface area (Å²) in [7, 11) is 0. The first-order valence-corrected chi connectivity index (χ1v) is 11.2. The highest BCUT2D eigenvalue weighted by Gasteiger charge is 2.44. The van der Waals surface area contributed by atoms with Crippen LogP contribution in [0.15, 0.2) is 29.2 Å². The van der Waals surface area contributed by atoms with E-state index in [-0.39, 0.29) is 25.7 Å². The van der Waals surface area contributed by atoms with Crippen molar-refractivity contribution in [1.29, 1.82) is 0 Å². The minimum atomic E-state index is -0.839. The number of benzene rings is 1. The molecule has 30 heavy (non-hydrogen) atoms. The summed E-state index contributed by atoms with van der Waals surface area (Å²) in [5, 5.41) is -0.668. The summed E-state index contributed by atoms with van der Waals surface area (Å²) < 4.78 is 10.3. The molecular formula is C21H31N3O5S. The zero-order valence-corrected chi connectivity index (χ0v) is 18.4. The van der Waals surface area contributed by atoms with Gasteiger partial charge in [0.05, 0.1) is 36.1 Å². The first-order chi connectivity index (χ1) is 14.4. The van der Waals surface area contributed by atoms with Gasteiger partial charge in [0.1, 0.15) is 6.54 Å². The number of carbonyl (C=O) groups excluding carboxylic acids is 3. The molecule has 0 radical (unpaired) electrons. The minimum Gasteiger partial charge on any atom is -0.466 e. The molecular weight excluding hydrogens is 406 g/mol. The standard InChI is InChI=1S/C21H31N3O5S/c1-3-28-17(25)13-24-15-10-5-6-11-16(15)30-19(23)18(20(24)26)14(9-7-8-12-22)21(27)29-4-2/h5-6,10-11,14,18-19H,3-4,7-9,12-13,22-23H2,1-2H3/t14?,18-,19?/m0/s1. The smallest absolute Gasteiger partial charge is 0.326 e. The Morgan fingerprint density at radius 1 is 1.17 bits per heavy atom. The number of ether oxygens (including phenoxy) is 2. The average molecular weight is 438 g/mol. The van der Waals surface area contributed by atoms with Crippen LogP contribution in [0.2, 0.25) is 0 Å². The van der Waals surface area contributed by atoms with Crippen LogP contribution in [0.4, 0.5) is 5.69 Å². The number of rotatable bonds is 10. The molecule has 0 saturated carbocycles. The van der Waals surface area contributed by atoms with Crippen molar-refractivity contribution in [3.05, 3.63) is 24.3 Å². The van der Waals surface area contributed by atoms with Crippen LogP contribution < -0.4 is 16.4 Å². The lowest BCUT2D eigenvalue weighted by atomic mass is 9.86. The number of fused-ring (bicyclic) bond motifs is 1. The van der Waals surface area contributed by atoms with E-state index in [0.717, 1.165) is 11.3 Å². The molecule has 0 bridgehead atoms. The van der Waals surface area contributed by atoms with Crippen LogP contribution in [-0.2, 0) is 23.9 Å². The van der Waals surface area contributed by atoms with Gasteiger partial charge in [-0.15, -0.1) is 11.8 Å². The van der Waals surface area contributed by atoms with Gasteiger partial charge in [0.15, 0.2) is 0 Å². The number of para-hydroxylation sites is 1. The maximum absolute atomic E-state index is 13.6. The van der Waals surface area contributed by atoms with E-state index < -0.39 is 29.1 Å². The number of carbonyl (C=O) groups is 3. The number of amides is 1. The van der Waals surface area contributed by atoms with Crippen LogP contribution in [-0.4, -0.2) is 49.5 Å². The maximum atomic E-state index is 13.6. The van der Waals surface area contributed by atoms with Crippen molar-refractivity contribution < 1.29 is 23.9 Å². The summed E-state index contributed by atoms with van der Waals surface area (Å²) in [6.07, 6.45) is 1.84. The predicted octanol–water partition coefficient (Wildman–Crippen LogP) is 1.90. The van der Waals surface area contributed by atoms with Gasteiger partial charge in [0, 0.05) is 4.90 Å². The first kappa shape index (κ1) is 24.2. The van der Waals surface area contributed by atoms with Crippen molar-refractivity contribution in [2.45, 2.75) is 43.4 Å². The molecule has 1 amide bonds. The summed E-state index contributed by atoms with van der Waals surface area (Å²) >= 11 is 1.32. The fraction of sp³-hybridized carbons (Fsp3) is 0.571. The maximum Gasteiger partial charge on any atom is 0.326 e. The summed E-state index contributed by atoms with van der Waals surface area (Å²) in [5.41, 5.74) is 12.6. The van der Waals surface area contributed by atoms with E-state index >= 15 is 0 Å².